The van der Waals surface area contributed by atoms with Crippen molar-refractivity contribution in [2.75, 3.05) is 6.54 Å². The summed E-state index contributed by atoms with van der Waals surface area (Å²) in [5, 5.41) is 3.49. The SMILES string of the molecule is Cc1occc1C1C(C)CNC1C. The molecule has 2 nitrogen and oxygen atoms in total. The maximum absolute atomic E-state index is 5.35. The van der Waals surface area contributed by atoms with Gasteiger partial charge in [-0.05, 0) is 37.9 Å². The van der Waals surface area contributed by atoms with Crippen LogP contribution in [0.25, 0.3) is 0 Å². The van der Waals surface area contributed by atoms with Crippen molar-refractivity contribution in [1.82, 2.24) is 5.32 Å². The van der Waals surface area contributed by atoms with Gasteiger partial charge in [-0.15, -0.1) is 0 Å². The first kappa shape index (κ1) is 8.82. The average Bonchev–Trinajstić information content (AvgIpc) is 2.60. The van der Waals surface area contributed by atoms with Crippen LogP contribution < -0.4 is 5.32 Å². The van der Waals surface area contributed by atoms with Crippen molar-refractivity contribution >= 4 is 0 Å². The molecule has 2 heteroatoms. The molecule has 3 atom stereocenters. The van der Waals surface area contributed by atoms with E-state index in [9.17, 15) is 0 Å². The quantitative estimate of drug-likeness (QED) is 0.715. The fourth-order valence-electron chi connectivity index (χ4n) is 2.43. The van der Waals surface area contributed by atoms with Crippen LogP contribution in [0, 0.1) is 12.8 Å². The van der Waals surface area contributed by atoms with Crippen LogP contribution in [0.1, 0.15) is 31.1 Å². The van der Waals surface area contributed by atoms with Crippen LogP contribution in [0.4, 0.5) is 0 Å². The van der Waals surface area contributed by atoms with Gasteiger partial charge in [-0.1, -0.05) is 6.92 Å². The van der Waals surface area contributed by atoms with Crippen LogP contribution in [-0.4, -0.2) is 12.6 Å². The molecule has 1 aromatic heterocycles. The Labute approximate surface area is 79.3 Å². The molecule has 2 rings (SSSR count). The normalized spacial score (nSPS) is 33.9. The minimum Gasteiger partial charge on any atom is -0.469 e. The Morgan fingerprint density at radius 2 is 2.23 bits per heavy atom. The summed E-state index contributed by atoms with van der Waals surface area (Å²) in [4.78, 5) is 0. The molecule has 2 heterocycles. The monoisotopic (exact) mass is 179 g/mol. The Hall–Kier alpha value is -0.760. The number of hydrogen-bond donors (Lipinski definition) is 1. The molecule has 1 fully saturated rings. The molecular weight excluding hydrogens is 162 g/mol. The molecule has 1 aromatic rings. The predicted molar refractivity (Wildman–Crippen MR) is 52.8 cm³/mol. The second kappa shape index (κ2) is 3.18. The van der Waals surface area contributed by atoms with E-state index in [1.165, 1.54) is 5.56 Å². The first-order valence-electron chi connectivity index (χ1n) is 4.97. The van der Waals surface area contributed by atoms with Crippen molar-refractivity contribution in [3.63, 3.8) is 0 Å². The summed E-state index contributed by atoms with van der Waals surface area (Å²) in [6.45, 7) is 7.72. The fourth-order valence-corrected chi connectivity index (χ4v) is 2.43. The number of furan rings is 1. The van der Waals surface area contributed by atoms with Crippen molar-refractivity contribution in [2.24, 2.45) is 5.92 Å². The first-order chi connectivity index (χ1) is 6.20. The molecule has 0 aromatic carbocycles. The van der Waals surface area contributed by atoms with Crippen molar-refractivity contribution in [3.8, 4) is 0 Å². The van der Waals surface area contributed by atoms with Gasteiger partial charge in [0.25, 0.3) is 0 Å². The molecule has 1 saturated heterocycles. The van der Waals surface area contributed by atoms with E-state index in [1.807, 2.05) is 6.92 Å². The third-order valence-electron chi connectivity index (χ3n) is 3.17. The highest BCUT2D eigenvalue weighted by Gasteiger charge is 2.32. The highest BCUT2D eigenvalue weighted by atomic mass is 16.3. The second-order valence-corrected chi connectivity index (χ2v) is 4.13. The largest absolute Gasteiger partial charge is 0.469 e. The molecule has 1 aliphatic heterocycles. The summed E-state index contributed by atoms with van der Waals surface area (Å²) in [6, 6.07) is 2.69. The zero-order valence-corrected chi connectivity index (χ0v) is 8.50. The van der Waals surface area contributed by atoms with Gasteiger partial charge in [0.1, 0.15) is 5.76 Å². The van der Waals surface area contributed by atoms with Crippen LogP contribution in [0.3, 0.4) is 0 Å². The van der Waals surface area contributed by atoms with Crippen LogP contribution in [0.15, 0.2) is 16.7 Å². The summed E-state index contributed by atoms with van der Waals surface area (Å²) < 4.78 is 5.35. The predicted octanol–water partition coefficient (Wildman–Crippen LogP) is 2.30. The van der Waals surface area contributed by atoms with Crippen LogP contribution >= 0.6 is 0 Å². The Morgan fingerprint density at radius 1 is 1.46 bits per heavy atom. The maximum Gasteiger partial charge on any atom is 0.104 e. The fraction of sp³-hybridized carbons (Fsp3) is 0.636. The summed E-state index contributed by atoms with van der Waals surface area (Å²) >= 11 is 0. The van der Waals surface area contributed by atoms with Crippen molar-refractivity contribution in [1.29, 1.82) is 0 Å². The van der Waals surface area contributed by atoms with Gasteiger partial charge >= 0.3 is 0 Å². The molecule has 0 aliphatic carbocycles. The van der Waals surface area contributed by atoms with Crippen molar-refractivity contribution in [3.05, 3.63) is 23.7 Å². The second-order valence-electron chi connectivity index (χ2n) is 4.13. The zero-order chi connectivity index (χ0) is 9.42. The van der Waals surface area contributed by atoms with Crippen LogP contribution in [0.5, 0.6) is 0 Å². The molecule has 0 saturated carbocycles. The zero-order valence-electron chi connectivity index (χ0n) is 8.50. The number of nitrogens with one attached hydrogen (secondary N) is 1. The molecule has 0 spiro atoms. The Bertz CT molecular complexity index is 282. The summed E-state index contributed by atoms with van der Waals surface area (Å²) in [5.41, 5.74) is 1.38. The molecule has 0 amide bonds. The first-order valence-corrected chi connectivity index (χ1v) is 4.97. The van der Waals surface area contributed by atoms with Gasteiger partial charge in [-0.3, -0.25) is 0 Å². The molecule has 1 N–H and O–H groups in total. The molecule has 1 aliphatic rings. The molecular formula is C11H17NO. The molecule has 13 heavy (non-hydrogen) atoms. The van der Waals surface area contributed by atoms with Gasteiger partial charge < -0.3 is 9.73 Å². The van der Waals surface area contributed by atoms with Gasteiger partial charge in [0.15, 0.2) is 0 Å². The molecule has 0 radical (unpaired) electrons. The lowest BCUT2D eigenvalue weighted by Crippen LogP contribution is -2.21. The van der Waals surface area contributed by atoms with Gasteiger partial charge in [-0.2, -0.15) is 0 Å². The highest BCUT2D eigenvalue weighted by Crippen LogP contribution is 2.34. The van der Waals surface area contributed by atoms with E-state index < -0.39 is 0 Å². The number of hydrogen-bond acceptors (Lipinski definition) is 2. The maximum atomic E-state index is 5.35. The van der Waals surface area contributed by atoms with E-state index in [2.05, 4.69) is 25.2 Å². The van der Waals surface area contributed by atoms with Crippen LogP contribution in [-0.2, 0) is 0 Å². The standard InChI is InChI=1S/C11H17NO/c1-7-6-12-8(2)11(7)10-4-5-13-9(10)3/h4-5,7-8,11-12H,6H2,1-3H3. The van der Waals surface area contributed by atoms with E-state index in [4.69, 9.17) is 4.42 Å². The number of rotatable bonds is 1. The van der Waals surface area contributed by atoms with Gasteiger partial charge in [0.2, 0.25) is 0 Å². The van der Waals surface area contributed by atoms with E-state index in [0.717, 1.165) is 12.3 Å². The summed E-state index contributed by atoms with van der Waals surface area (Å²) in [6.07, 6.45) is 1.79. The Morgan fingerprint density at radius 3 is 2.69 bits per heavy atom. The molecule has 72 valence electrons. The minimum absolute atomic E-state index is 0.575. The lowest BCUT2D eigenvalue weighted by Gasteiger charge is -2.18. The average molecular weight is 179 g/mol. The summed E-state index contributed by atoms with van der Waals surface area (Å²) in [7, 11) is 0. The van der Waals surface area contributed by atoms with Crippen molar-refractivity contribution in [2.45, 2.75) is 32.7 Å². The smallest absolute Gasteiger partial charge is 0.104 e. The molecule has 0 bridgehead atoms. The lowest BCUT2D eigenvalue weighted by atomic mass is 9.86. The van der Waals surface area contributed by atoms with E-state index in [-0.39, 0.29) is 0 Å². The minimum atomic E-state index is 0.575. The molecule has 3 unspecified atom stereocenters. The van der Waals surface area contributed by atoms with E-state index in [0.29, 0.717) is 17.9 Å². The van der Waals surface area contributed by atoms with E-state index in [1.54, 1.807) is 6.26 Å². The lowest BCUT2D eigenvalue weighted by molar-refractivity contribution is 0.487. The number of aryl methyl sites for hydroxylation is 1. The summed E-state index contributed by atoms with van der Waals surface area (Å²) in [5.74, 6) is 2.41. The van der Waals surface area contributed by atoms with E-state index >= 15 is 0 Å². The Balaban J connectivity index is 2.29. The third-order valence-corrected chi connectivity index (χ3v) is 3.17. The third kappa shape index (κ3) is 1.39. The highest BCUT2D eigenvalue weighted by molar-refractivity contribution is 5.25. The van der Waals surface area contributed by atoms with Gasteiger partial charge in [-0.25, -0.2) is 0 Å². The van der Waals surface area contributed by atoms with Gasteiger partial charge in [0, 0.05) is 12.0 Å². The van der Waals surface area contributed by atoms with Gasteiger partial charge in [0.05, 0.1) is 6.26 Å². The Kier molecular flexibility index (Phi) is 2.16. The van der Waals surface area contributed by atoms with Crippen molar-refractivity contribution < 1.29 is 4.42 Å². The van der Waals surface area contributed by atoms with Crippen LogP contribution in [0.2, 0.25) is 0 Å². The topological polar surface area (TPSA) is 25.2 Å².